The van der Waals surface area contributed by atoms with Crippen LogP contribution >= 0.6 is 12.4 Å². The molecule has 7 heteroatoms. The molecule has 0 spiro atoms. The van der Waals surface area contributed by atoms with Crippen LogP contribution in [0.3, 0.4) is 0 Å². The molecular weight excluding hydrogens is 470 g/mol. The maximum Gasteiger partial charge on any atom is 0.281 e. The Morgan fingerprint density at radius 3 is 2.50 bits per heavy atom. The molecule has 0 saturated heterocycles. The quantitative estimate of drug-likeness (QED) is 0.325. The highest BCUT2D eigenvalue weighted by Gasteiger charge is 2.25. The second kappa shape index (κ2) is 9.63. The molecule has 1 aliphatic heterocycles. The molecule has 0 aliphatic carbocycles. The summed E-state index contributed by atoms with van der Waals surface area (Å²) >= 11 is 0. The van der Waals surface area contributed by atoms with Crippen molar-refractivity contribution in [3.63, 3.8) is 0 Å². The van der Waals surface area contributed by atoms with Gasteiger partial charge < -0.3 is 9.47 Å². The van der Waals surface area contributed by atoms with Gasteiger partial charge >= 0.3 is 0 Å². The van der Waals surface area contributed by atoms with E-state index < -0.39 is 0 Å². The van der Waals surface area contributed by atoms with Crippen LogP contribution in [0.4, 0.5) is 5.82 Å². The van der Waals surface area contributed by atoms with Crippen LogP contribution in [0, 0.1) is 13.8 Å². The topological polar surface area (TPSA) is 56.0 Å². The number of carbonyl (C=O) groups is 1. The lowest BCUT2D eigenvalue weighted by molar-refractivity contribution is 0.0955. The standard InChI is InChI=1S/C29H27N5O.ClH/c1-20-21(2)34(17-22-8-4-3-5-9-22)27-25(20)16-26(29(35)33-15-13-30-19-33)31-28(27)32-14-12-23-10-6-7-11-24(23)18-32;/h3-11,13,15-16,19H,12,14,17-18H2,1-2H3;1H. The molecule has 0 fully saturated rings. The van der Waals surface area contributed by atoms with Crippen molar-refractivity contribution in [2.24, 2.45) is 0 Å². The van der Waals surface area contributed by atoms with Gasteiger partial charge in [-0.05, 0) is 48.6 Å². The summed E-state index contributed by atoms with van der Waals surface area (Å²) in [5.74, 6) is 0.698. The molecule has 182 valence electrons. The average Bonchev–Trinajstić information content (AvgIpc) is 3.52. The number of fused-ring (bicyclic) bond motifs is 2. The Hall–Kier alpha value is -3.90. The summed E-state index contributed by atoms with van der Waals surface area (Å²) in [6, 6.07) is 21.1. The van der Waals surface area contributed by atoms with E-state index >= 15 is 0 Å². The number of rotatable bonds is 4. The number of pyridine rings is 1. The molecule has 6 rings (SSSR count). The van der Waals surface area contributed by atoms with Crippen molar-refractivity contribution in [2.75, 3.05) is 11.4 Å². The van der Waals surface area contributed by atoms with Gasteiger partial charge in [0.25, 0.3) is 5.91 Å². The van der Waals surface area contributed by atoms with Gasteiger partial charge in [0.15, 0.2) is 5.82 Å². The Morgan fingerprint density at radius 2 is 1.75 bits per heavy atom. The van der Waals surface area contributed by atoms with Gasteiger partial charge in [-0.15, -0.1) is 12.4 Å². The maximum atomic E-state index is 13.3. The molecule has 36 heavy (non-hydrogen) atoms. The number of halogens is 1. The Labute approximate surface area is 216 Å². The lowest BCUT2D eigenvalue weighted by Gasteiger charge is -2.31. The van der Waals surface area contributed by atoms with Gasteiger partial charge in [-0.1, -0.05) is 54.6 Å². The van der Waals surface area contributed by atoms with Crippen molar-refractivity contribution < 1.29 is 4.79 Å². The van der Waals surface area contributed by atoms with Crippen LogP contribution in [0.1, 0.15) is 38.4 Å². The van der Waals surface area contributed by atoms with Crippen molar-refractivity contribution in [3.05, 3.63) is 113 Å². The molecule has 0 radical (unpaired) electrons. The van der Waals surface area contributed by atoms with Gasteiger partial charge in [-0.25, -0.2) is 9.97 Å². The third-order valence-electron chi connectivity index (χ3n) is 7.17. The number of carbonyl (C=O) groups excluding carboxylic acids is 1. The summed E-state index contributed by atoms with van der Waals surface area (Å²) in [6.45, 7) is 6.68. The van der Waals surface area contributed by atoms with Gasteiger partial charge in [0, 0.05) is 43.1 Å². The molecule has 2 aromatic carbocycles. The molecule has 1 aliphatic rings. The Balaban J connectivity index is 0.00000267. The smallest absolute Gasteiger partial charge is 0.281 e. The van der Waals surface area contributed by atoms with Crippen LogP contribution in [0.25, 0.3) is 10.9 Å². The zero-order valence-electron chi connectivity index (χ0n) is 20.4. The lowest BCUT2D eigenvalue weighted by atomic mass is 10.00. The third-order valence-corrected chi connectivity index (χ3v) is 7.17. The van der Waals surface area contributed by atoms with Crippen molar-refractivity contribution in [2.45, 2.75) is 33.4 Å². The van der Waals surface area contributed by atoms with Gasteiger partial charge in [-0.3, -0.25) is 9.36 Å². The van der Waals surface area contributed by atoms with Crippen molar-refractivity contribution in [1.82, 2.24) is 19.1 Å². The van der Waals surface area contributed by atoms with Crippen molar-refractivity contribution in [3.8, 4) is 0 Å². The molecule has 0 saturated carbocycles. The average molecular weight is 498 g/mol. The van der Waals surface area contributed by atoms with E-state index in [2.05, 4.69) is 76.8 Å². The number of anilines is 1. The van der Waals surface area contributed by atoms with E-state index in [0.29, 0.717) is 5.69 Å². The fraction of sp³-hybridized carbons (Fsp3) is 0.207. The van der Waals surface area contributed by atoms with E-state index in [0.717, 1.165) is 42.8 Å². The third kappa shape index (κ3) is 4.07. The number of imidazole rings is 1. The molecule has 0 atom stereocenters. The second-order valence-electron chi connectivity index (χ2n) is 9.22. The largest absolute Gasteiger partial charge is 0.350 e. The Bertz CT molecular complexity index is 1540. The first kappa shape index (κ1) is 23.8. The van der Waals surface area contributed by atoms with Gasteiger partial charge in [-0.2, -0.15) is 0 Å². The van der Waals surface area contributed by atoms with E-state index in [9.17, 15) is 4.79 Å². The minimum Gasteiger partial charge on any atom is -0.350 e. The van der Waals surface area contributed by atoms with Crippen LogP contribution in [0.2, 0.25) is 0 Å². The molecule has 3 aromatic heterocycles. The molecule has 0 N–H and O–H groups in total. The number of hydrogen-bond donors (Lipinski definition) is 0. The van der Waals surface area contributed by atoms with Crippen LogP contribution in [-0.2, 0) is 19.5 Å². The van der Waals surface area contributed by atoms with Crippen LogP contribution in [0.15, 0.2) is 79.4 Å². The van der Waals surface area contributed by atoms with Gasteiger partial charge in [0.2, 0.25) is 0 Å². The fourth-order valence-corrected chi connectivity index (χ4v) is 5.12. The zero-order chi connectivity index (χ0) is 23.9. The summed E-state index contributed by atoms with van der Waals surface area (Å²) in [7, 11) is 0. The molecule has 0 amide bonds. The van der Waals surface area contributed by atoms with Crippen molar-refractivity contribution in [1.29, 1.82) is 0 Å². The van der Waals surface area contributed by atoms with E-state index in [1.807, 2.05) is 12.1 Å². The predicted molar refractivity (Wildman–Crippen MR) is 145 cm³/mol. The lowest BCUT2D eigenvalue weighted by Crippen LogP contribution is -2.32. The predicted octanol–water partition coefficient (Wildman–Crippen LogP) is 5.57. The highest BCUT2D eigenvalue weighted by molar-refractivity contribution is 6.02. The SMILES string of the molecule is Cc1c(C)n(Cc2ccccc2)c2c(N3CCc4ccccc4C3)nc(C(=O)n3ccnc3)cc12.Cl. The first-order valence-electron chi connectivity index (χ1n) is 12.0. The monoisotopic (exact) mass is 497 g/mol. The molecule has 5 aromatic rings. The van der Waals surface area contributed by atoms with E-state index in [4.69, 9.17) is 4.98 Å². The Morgan fingerprint density at radius 1 is 1.00 bits per heavy atom. The highest BCUT2D eigenvalue weighted by Crippen LogP contribution is 2.35. The van der Waals surface area contributed by atoms with Crippen LogP contribution in [-0.4, -0.2) is 31.6 Å². The van der Waals surface area contributed by atoms with Crippen molar-refractivity contribution >= 4 is 35.0 Å². The number of aryl methyl sites for hydroxylation is 1. The van der Waals surface area contributed by atoms with Crippen LogP contribution in [0.5, 0.6) is 0 Å². The van der Waals surface area contributed by atoms with Crippen LogP contribution < -0.4 is 4.90 Å². The maximum absolute atomic E-state index is 13.3. The number of hydrogen-bond acceptors (Lipinski definition) is 4. The summed E-state index contributed by atoms with van der Waals surface area (Å²) in [5.41, 5.74) is 7.83. The molecule has 4 heterocycles. The molecular formula is C29H28ClN5O. The molecule has 0 unspecified atom stereocenters. The minimum atomic E-state index is -0.170. The Kier molecular flexibility index (Phi) is 6.37. The van der Waals surface area contributed by atoms with E-state index in [1.165, 1.54) is 38.8 Å². The molecule has 0 bridgehead atoms. The summed E-state index contributed by atoms with van der Waals surface area (Å²) < 4.78 is 3.85. The zero-order valence-corrected chi connectivity index (χ0v) is 21.2. The van der Waals surface area contributed by atoms with Gasteiger partial charge in [0.1, 0.15) is 12.0 Å². The summed E-state index contributed by atoms with van der Waals surface area (Å²) in [4.78, 5) is 24.7. The second-order valence-corrected chi connectivity index (χ2v) is 9.22. The summed E-state index contributed by atoms with van der Waals surface area (Å²) in [6.07, 6.45) is 5.77. The first-order chi connectivity index (χ1) is 17.1. The number of benzene rings is 2. The first-order valence-corrected chi connectivity index (χ1v) is 12.0. The molecule has 6 nitrogen and oxygen atoms in total. The van der Waals surface area contributed by atoms with E-state index in [-0.39, 0.29) is 18.3 Å². The minimum absolute atomic E-state index is 0. The number of aromatic nitrogens is 4. The van der Waals surface area contributed by atoms with Gasteiger partial charge in [0.05, 0.1) is 5.52 Å². The number of nitrogens with zero attached hydrogens (tertiary/aromatic N) is 5. The normalized spacial score (nSPS) is 12.9. The fourth-order valence-electron chi connectivity index (χ4n) is 5.12. The highest BCUT2D eigenvalue weighted by atomic mass is 35.5. The van der Waals surface area contributed by atoms with E-state index in [1.54, 1.807) is 12.4 Å². The summed E-state index contributed by atoms with van der Waals surface area (Å²) in [5, 5.41) is 1.07.